The Hall–Kier alpha value is -1.66. The first-order valence-corrected chi connectivity index (χ1v) is 9.19. The van der Waals surface area contributed by atoms with Crippen LogP contribution in [-0.4, -0.2) is 56.8 Å². The average molecular weight is 350 g/mol. The number of hydrogen-bond acceptors (Lipinski definition) is 3. The maximum absolute atomic E-state index is 13.7. The number of morpholine rings is 1. The summed E-state index contributed by atoms with van der Waals surface area (Å²) < 4.78 is 19.2. The van der Waals surface area contributed by atoms with E-state index >= 15 is 0 Å². The van der Waals surface area contributed by atoms with Crippen molar-refractivity contribution in [2.45, 2.75) is 26.8 Å². The monoisotopic (exact) mass is 350 g/mol. The summed E-state index contributed by atoms with van der Waals surface area (Å²) in [5, 5.41) is 6.71. The van der Waals surface area contributed by atoms with Crippen LogP contribution in [-0.2, 0) is 4.74 Å². The van der Waals surface area contributed by atoms with E-state index in [9.17, 15) is 4.39 Å². The zero-order chi connectivity index (χ0) is 18.1. The quantitative estimate of drug-likeness (QED) is 0.586. The van der Waals surface area contributed by atoms with Gasteiger partial charge in [-0.15, -0.1) is 0 Å². The zero-order valence-corrected chi connectivity index (χ0v) is 15.6. The number of benzene rings is 1. The third-order valence-corrected chi connectivity index (χ3v) is 4.14. The van der Waals surface area contributed by atoms with Gasteiger partial charge in [0.1, 0.15) is 5.82 Å². The lowest BCUT2D eigenvalue weighted by Gasteiger charge is -2.35. The molecule has 0 saturated carbocycles. The molecule has 1 atom stereocenters. The average Bonchev–Trinajstić information content (AvgIpc) is 2.60. The van der Waals surface area contributed by atoms with Gasteiger partial charge in [-0.05, 0) is 30.5 Å². The molecule has 1 aromatic carbocycles. The van der Waals surface area contributed by atoms with Crippen molar-refractivity contribution in [3.63, 3.8) is 0 Å². The number of guanidine groups is 1. The van der Waals surface area contributed by atoms with Gasteiger partial charge in [0.05, 0.1) is 19.3 Å². The standard InChI is InChI=1S/C19H31FN4O/c1-4-21-19(22-13-15(2)3)23-14-18(24-8-10-25-11-9-24)16-6-5-7-17(20)12-16/h5-7,12,15,18H,4,8-11,13-14H2,1-3H3,(H2,21,22,23). The molecule has 0 aromatic heterocycles. The third kappa shape index (κ3) is 6.63. The molecule has 1 aromatic rings. The Morgan fingerprint density at radius 2 is 2.04 bits per heavy atom. The molecule has 1 aliphatic rings. The maximum Gasteiger partial charge on any atom is 0.191 e. The molecule has 1 saturated heterocycles. The lowest BCUT2D eigenvalue weighted by Crippen LogP contribution is -2.46. The largest absolute Gasteiger partial charge is 0.379 e. The molecule has 0 radical (unpaired) electrons. The van der Waals surface area contributed by atoms with Gasteiger partial charge >= 0.3 is 0 Å². The Balaban J connectivity index is 2.10. The van der Waals surface area contributed by atoms with Crippen LogP contribution in [0.15, 0.2) is 29.3 Å². The molecule has 140 valence electrons. The van der Waals surface area contributed by atoms with Crippen molar-refractivity contribution in [2.75, 3.05) is 45.9 Å². The fourth-order valence-electron chi connectivity index (χ4n) is 2.87. The fraction of sp³-hybridized carbons (Fsp3) is 0.632. The molecule has 6 heteroatoms. The summed E-state index contributed by atoms with van der Waals surface area (Å²) in [5.74, 6) is 1.12. The molecule has 1 heterocycles. The molecule has 2 rings (SSSR count). The van der Waals surface area contributed by atoms with Crippen LogP contribution in [0.1, 0.15) is 32.4 Å². The molecule has 0 aliphatic carbocycles. The Kier molecular flexibility index (Phi) is 8.15. The summed E-state index contributed by atoms with van der Waals surface area (Å²) in [7, 11) is 0. The van der Waals surface area contributed by atoms with Gasteiger partial charge in [-0.3, -0.25) is 9.89 Å². The highest BCUT2D eigenvalue weighted by Crippen LogP contribution is 2.22. The van der Waals surface area contributed by atoms with Crippen LogP contribution in [0.4, 0.5) is 4.39 Å². The van der Waals surface area contributed by atoms with Crippen molar-refractivity contribution in [3.05, 3.63) is 35.6 Å². The minimum atomic E-state index is -0.198. The smallest absolute Gasteiger partial charge is 0.191 e. The van der Waals surface area contributed by atoms with Crippen molar-refractivity contribution < 1.29 is 9.13 Å². The van der Waals surface area contributed by atoms with Gasteiger partial charge in [-0.2, -0.15) is 0 Å². The van der Waals surface area contributed by atoms with Gasteiger partial charge in [-0.25, -0.2) is 4.39 Å². The van der Waals surface area contributed by atoms with Gasteiger partial charge < -0.3 is 15.4 Å². The Morgan fingerprint density at radius 1 is 1.28 bits per heavy atom. The van der Waals surface area contributed by atoms with Gasteiger partial charge in [0, 0.05) is 32.7 Å². The SMILES string of the molecule is CCNC(=NCC(C)C)NCC(c1cccc(F)c1)N1CCOCC1. The van der Waals surface area contributed by atoms with E-state index in [1.165, 1.54) is 6.07 Å². The van der Waals surface area contributed by atoms with E-state index < -0.39 is 0 Å². The molecule has 0 bridgehead atoms. The molecule has 1 unspecified atom stereocenters. The summed E-state index contributed by atoms with van der Waals surface area (Å²) in [5.41, 5.74) is 0.981. The number of aliphatic imine (C=N–C) groups is 1. The predicted molar refractivity (Wildman–Crippen MR) is 100 cm³/mol. The number of ether oxygens (including phenoxy) is 1. The number of rotatable bonds is 7. The number of nitrogens with zero attached hydrogens (tertiary/aromatic N) is 2. The second-order valence-electron chi connectivity index (χ2n) is 6.71. The molecule has 2 N–H and O–H groups in total. The van der Waals surface area contributed by atoms with Crippen LogP contribution in [0.2, 0.25) is 0 Å². The molecule has 5 nitrogen and oxygen atoms in total. The van der Waals surface area contributed by atoms with Crippen LogP contribution < -0.4 is 10.6 Å². The van der Waals surface area contributed by atoms with E-state index in [1.54, 1.807) is 12.1 Å². The number of nitrogens with one attached hydrogen (secondary N) is 2. The second kappa shape index (κ2) is 10.4. The molecular weight excluding hydrogens is 319 g/mol. The minimum absolute atomic E-state index is 0.0857. The predicted octanol–water partition coefficient (Wildman–Crippen LogP) is 2.41. The van der Waals surface area contributed by atoms with Gasteiger partial charge in [0.2, 0.25) is 0 Å². The highest BCUT2D eigenvalue weighted by molar-refractivity contribution is 5.79. The summed E-state index contributed by atoms with van der Waals surface area (Å²) in [6, 6.07) is 6.96. The molecular formula is C19H31FN4O. The summed E-state index contributed by atoms with van der Waals surface area (Å²) in [4.78, 5) is 6.96. The Morgan fingerprint density at radius 3 is 2.68 bits per heavy atom. The fourth-order valence-corrected chi connectivity index (χ4v) is 2.87. The van der Waals surface area contributed by atoms with E-state index in [0.29, 0.717) is 25.7 Å². The number of hydrogen-bond donors (Lipinski definition) is 2. The van der Waals surface area contributed by atoms with Crippen molar-refractivity contribution in [1.82, 2.24) is 15.5 Å². The Labute approximate surface area is 150 Å². The van der Waals surface area contributed by atoms with Crippen LogP contribution in [0.3, 0.4) is 0 Å². The first kappa shape index (κ1) is 19.7. The third-order valence-electron chi connectivity index (χ3n) is 4.14. The van der Waals surface area contributed by atoms with Gasteiger partial charge in [-0.1, -0.05) is 26.0 Å². The van der Waals surface area contributed by atoms with Gasteiger partial charge in [0.25, 0.3) is 0 Å². The highest BCUT2D eigenvalue weighted by Gasteiger charge is 2.23. The molecule has 0 amide bonds. The van der Waals surface area contributed by atoms with Crippen LogP contribution in [0.25, 0.3) is 0 Å². The van der Waals surface area contributed by atoms with Crippen LogP contribution >= 0.6 is 0 Å². The van der Waals surface area contributed by atoms with E-state index in [1.807, 2.05) is 6.07 Å². The summed E-state index contributed by atoms with van der Waals surface area (Å²) in [6.07, 6.45) is 0. The van der Waals surface area contributed by atoms with Crippen molar-refractivity contribution >= 4 is 5.96 Å². The lowest BCUT2D eigenvalue weighted by molar-refractivity contribution is 0.0169. The molecule has 1 fully saturated rings. The highest BCUT2D eigenvalue weighted by atomic mass is 19.1. The first-order chi connectivity index (χ1) is 12.1. The summed E-state index contributed by atoms with van der Waals surface area (Å²) in [6.45, 7) is 11.7. The zero-order valence-electron chi connectivity index (χ0n) is 15.6. The van der Waals surface area contributed by atoms with Crippen molar-refractivity contribution in [1.29, 1.82) is 0 Å². The first-order valence-electron chi connectivity index (χ1n) is 9.19. The van der Waals surface area contributed by atoms with E-state index in [-0.39, 0.29) is 11.9 Å². The molecule has 25 heavy (non-hydrogen) atoms. The van der Waals surface area contributed by atoms with Crippen LogP contribution in [0, 0.1) is 11.7 Å². The van der Waals surface area contributed by atoms with E-state index in [0.717, 1.165) is 37.7 Å². The normalized spacial score (nSPS) is 17.6. The second-order valence-corrected chi connectivity index (χ2v) is 6.71. The topological polar surface area (TPSA) is 48.9 Å². The molecule has 1 aliphatic heterocycles. The van der Waals surface area contributed by atoms with Crippen molar-refractivity contribution in [2.24, 2.45) is 10.9 Å². The van der Waals surface area contributed by atoms with Gasteiger partial charge in [0.15, 0.2) is 5.96 Å². The maximum atomic E-state index is 13.7. The van der Waals surface area contributed by atoms with Crippen molar-refractivity contribution in [3.8, 4) is 0 Å². The van der Waals surface area contributed by atoms with E-state index in [4.69, 9.17) is 4.74 Å². The Bertz CT molecular complexity index is 544. The van der Waals surface area contributed by atoms with E-state index in [2.05, 4.69) is 41.3 Å². The van der Waals surface area contributed by atoms with Crippen LogP contribution in [0.5, 0.6) is 0 Å². The molecule has 0 spiro atoms. The lowest BCUT2D eigenvalue weighted by atomic mass is 10.0. The number of halogens is 1. The summed E-state index contributed by atoms with van der Waals surface area (Å²) >= 11 is 0. The minimum Gasteiger partial charge on any atom is -0.379 e.